The van der Waals surface area contributed by atoms with Gasteiger partial charge in [-0.2, -0.15) is 0 Å². The van der Waals surface area contributed by atoms with Gasteiger partial charge >= 0.3 is 0 Å². The molecular weight excluding hydrogens is 366 g/mol. The molecule has 0 fully saturated rings. The summed E-state index contributed by atoms with van der Waals surface area (Å²) in [5.74, 6) is -0.542. The van der Waals surface area contributed by atoms with Gasteiger partial charge in [-0.05, 0) is 47.9 Å². The Balaban J connectivity index is 1.64. The van der Waals surface area contributed by atoms with E-state index in [0.717, 1.165) is 12.0 Å². The molecule has 0 atom stereocenters. The maximum Gasteiger partial charge on any atom is 0.241 e. The number of hydrogen-bond donors (Lipinski definition) is 2. The Labute approximate surface area is 158 Å². The monoisotopic (exact) mass is 387 g/mol. The topological polar surface area (TPSA) is 95.6 Å². The number of nitrogens with one attached hydrogen (secondary N) is 2. The zero-order valence-corrected chi connectivity index (χ0v) is 16.0. The van der Waals surface area contributed by atoms with E-state index in [0.29, 0.717) is 16.9 Å². The lowest BCUT2D eigenvalue weighted by atomic mass is 10.1. The summed E-state index contributed by atoms with van der Waals surface area (Å²) in [6.07, 6.45) is 1.07. The largest absolute Gasteiger partial charge is 0.325 e. The Hall–Kier alpha value is -2.71. The number of aryl methyl sites for hydroxylation is 1. The van der Waals surface area contributed by atoms with Crippen LogP contribution in [0, 0.1) is 0 Å². The molecule has 0 radical (unpaired) electrons. The van der Waals surface area contributed by atoms with E-state index in [1.165, 1.54) is 17.0 Å². The number of carbonyl (C=O) groups excluding carboxylic acids is 2. The third-order valence-electron chi connectivity index (χ3n) is 4.51. The van der Waals surface area contributed by atoms with E-state index >= 15 is 0 Å². The van der Waals surface area contributed by atoms with Crippen molar-refractivity contribution in [1.29, 1.82) is 0 Å². The second kappa shape index (κ2) is 7.50. The highest BCUT2D eigenvalue weighted by molar-refractivity contribution is 7.89. The van der Waals surface area contributed by atoms with Gasteiger partial charge in [0.2, 0.25) is 21.8 Å². The normalized spacial score (nSPS) is 13.6. The molecule has 1 heterocycles. The average molecular weight is 387 g/mol. The van der Waals surface area contributed by atoms with Gasteiger partial charge in [0.1, 0.15) is 0 Å². The van der Waals surface area contributed by atoms with E-state index in [1.807, 2.05) is 19.1 Å². The van der Waals surface area contributed by atoms with Crippen LogP contribution in [0.1, 0.15) is 18.1 Å². The summed E-state index contributed by atoms with van der Waals surface area (Å²) < 4.78 is 27.2. The predicted molar refractivity (Wildman–Crippen MR) is 103 cm³/mol. The lowest BCUT2D eigenvalue weighted by molar-refractivity contribution is -0.117. The summed E-state index contributed by atoms with van der Waals surface area (Å²) in [5, 5.41) is 2.65. The first-order valence-electron chi connectivity index (χ1n) is 8.58. The molecule has 7 nitrogen and oxygen atoms in total. The van der Waals surface area contributed by atoms with E-state index in [4.69, 9.17) is 0 Å². The minimum atomic E-state index is -3.86. The molecule has 8 heteroatoms. The summed E-state index contributed by atoms with van der Waals surface area (Å²) in [4.78, 5) is 25.3. The highest BCUT2D eigenvalue weighted by Crippen LogP contribution is 2.29. The second-order valence-electron chi connectivity index (χ2n) is 6.34. The van der Waals surface area contributed by atoms with Crippen LogP contribution in [0.3, 0.4) is 0 Å². The van der Waals surface area contributed by atoms with Crippen molar-refractivity contribution in [2.75, 3.05) is 23.8 Å². The van der Waals surface area contributed by atoms with Crippen molar-refractivity contribution in [2.45, 2.75) is 24.7 Å². The Bertz CT molecular complexity index is 985. The fourth-order valence-corrected chi connectivity index (χ4v) is 3.92. The van der Waals surface area contributed by atoms with Crippen LogP contribution < -0.4 is 14.9 Å². The smallest absolute Gasteiger partial charge is 0.241 e. The molecule has 1 aliphatic heterocycles. The lowest BCUT2D eigenvalue weighted by Crippen LogP contribution is -2.33. The van der Waals surface area contributed by atoms with E-state index in [9.17, 15) is 18.0 Å². The zero-order chi connectivity index (χ0) is 19.6. The van der Waals surface area contributed by atoms with Gasteiger partial charge in [-0.25, -0.2) is 13.1 Å². The molecular formula is C19H21N3O4S. The summed E-state index contributed by atoms with van der Waals surface area (Å²) in [6.45, 7) is 1.66. The first-order chi connectivity index (χ1) is 12.8. The Kier molecular flexibility index (Phi) is 5.29. The molecule has 2 N–H and O–H groups in total. The number of likely N-dealkylation sites (N-methyl/N-ethyl adjacent to an activating group) is 1. The van der Waals surface area contributed by atoms with Crippen molar-refractivity contribution >= 4 is 33.2 Å². The van der Waals surface area contributed by atoms with Crippen LogP contribution in [-0.4, -0.2) is 33.8 Å². The van der Waals surface area contributed by atoms with Gasteiger partial charge in [-0.3, -0.25) is 9.59 Å². The van der Waals surface area contributed by atoms with Crippen molar-refractivity contribution in [3.8, 4) is 0 Å². The van der Waals surface area contributed by atoms with Gasteiger partial charge in [0.05, 0.1) is 17.9 Å². The van der Waals surface area contributed by atoms with E-state index in [2.05, 4.69) is 10.0 Å². The van der Waals surface area contributed by atoms with Gasteiger partial charge in [-0.15, -0.1) is 0 Å². The van der Waals surface area contributed by atoms with Crippen LogP contribution >= 0.6 is 0 Å². The Morgan fingerprint density at radius 3 is 2.52 bits per heavy atom. The van der Waals surface area contributed by atoms with Crippen molar-refractivity contribution < 1.29 is 18.0 Å². The van der Waals surface area contributed by atoms with Crippen molar-refractivity contribution in [2.24, 2.45) is 0 Å². The number of amides is 2. The summed E-state index contributed by atoms with van der Waals surface area (Å²) in [6, 6.07) is 11.9. The molecule has 0 aliphatic carbocycles. The Morgan fingerprint density at radius 1 is 1.15 bits per heavy atom. The zero-order valence-electron chi connectivity index (χ0n) is 15.2. The Morgan fingerprint density at radius 2 is 1.85 bits per heavy atom. The summed E-state index contributed by atoms with van der Waals surface area (Å²) in [7, 11) is -2.20. The number of anilines is 2. The van der Waals surface area contributed by atoms with Crippen LogP contribution in [0.2, 0.25) is 0 Å². The highest BCUT2D eigenvalue weighted by Gasteiger charge is 2.26. The van der Waals surface area contributed by atoms with Crippen LogP contribution in [0.4, 0.5) is 11.4 Å². The maximum atomic E-state index is 12.4. The number of nitrogens with zero attached hydrogens (tertiary/aromatic N) is 1. The molecule has 3 rings (SSSR count). The van der Waals surface area contributed by atoms with Crippen LogP contribution in [0.25, 0.3) is 0 Å². The molecule has 0 spiro atoms. The van der Waals surface area contributed by atoms with E-state index in [1.54, 1.807) is 25.2 Å². The molecule has 27 heavy (non-hydrogen) atoms. The first-order valence-corrected chi connectivity index (χ1v) is 10.1. The number of carbonyl (C=O) groups is 2. The van der Waals surface area contributed by atoms with Crippen LogP contribution in [-0.2, 0) is 32.5 Å². The molecule has 0 bridgehead atoms. The fraction of sp³-hybridized carbons (Fsp3) is 0.263. The van der Waals surface area contributed by atoms with Gasteiger partial charge < -0.3 is 10.2 Å². The van der Waals surface area contributed by atoms with Gasteiger partial charge in [0, 0.05) is 18.4 Å². The third-order valence-corrected chi connectivity index (χ3v) is 5.91. The molecule has 0 saturated carbocycles. The fourth-order valence-electron chi connectivity index (χ4n) is 2.89. The van der Waals surface area contributed by atoms with E-state index < -0.39 is 15.9 Å². The molecule has 0 unspecified atom stereocenters. The van der Waals surface area contributed by atoms with Crippen LogP contribution in [0.15, 0.2) is 47.4 Å². The number of fused-ring (bicyclic) bond motifs is 1. The second-order valence-corrected chi connectivity index (χ2v) is 8.11. The van der Waals surface area contributed by atoms with E-state index in [-0.39, 0.29) is 23.8 Å². The predicted octanol–water partition coefficient (Wildman–Crippen LogP) is 1.68. The standard InChI is InChI=1S/C19H21N3O4S/c1-3-13-4-6-15(7-5-13)21-18(23)12-20-27(25,26)16-8-9-17-14(10-16)11-19(24)22(17)2/h4-10,20H,3,11-12H2,1-2H3,(H,21,23). The molecule has 1 aliphatic rings. The first kappa shape index (κ1) is 19.1. The molecule has 0 aromatic heterocycles. The number of benzene rings is 2. The molecule has 0 saturated heterocycles. The number of rotatable bonds is 6. The average Bonchev–Trinajstić information content (AvgIpc) is 2.94. The minimum absolute atomic E-state index is 0.0319. The van der Waals surface area contributed by atoms with Gasteiger partial charge in [0.15, 0.2) is 0 Å². The maximum absolute atomic E-state index is 12.4. The third kappa shape index (κ3) is 4.17. The number of sulfonamides is 1. The summed E-state index contributed by atoms with van der Waals surface area (Å²) in [5.41, 5.74) is 3.11. The molecule has 2 aromatic rings. The van der Waals surface area contributed by atoms with Gasteiger partial charge in [0.25, 0.3) is 0 Å². The van der Waals surface area contributed by atoms with Crippen molar-refractivity contribution in [3.05, 3.63) is 53.6 Å². The summed E-state index contributed by atoms with van der Waals surface area (Å²) >= 11 is 0. The number of hydrogen-bond acceptors (Lipinski definition) is 4. The highest BCUT2D eigenvalue weighted by atomic mass is 32.2. The molecule has 2 amide bonds. The van der Waals surface area contributed by atoms with Gasteiger partial charge in [-0.1, -0.05) is 19.1 Å². The minimum Gasteiger partial charge on any atom is -0.325 e. The SMILES string of the molecule is CCc1ccc(NC(=O)CNS(=O)(=O)c2ccc3c(c2)CC(=O)N3C)cc1. The van der Waals surface area contributed by atoms with Crippen molar-refractivity contribution in [3.63, 3.8) is 0 Å². The van der Waals surface area contributed by atoms with Crippen molar-refractivity contribution in [1.82, 2.24) is 4.72 Å². The molecule has 142 valence electrons. The molecule has 2 aromatic carbocycles. The van der Waals surface area contributed by atoms with Crippen LogP contribution in [0.5, 0.6) is 0 Å². The quantitative estimate of drug-likeness (QED) is 0.788. The lowest BCUT2D eigenvalue weighted by Gasteiger charge is -2.11.